The normalized spacial score (nSPS) is 28.7. The lowest BCUT2D eigenvalue weighted by Gasteiger charge is -2.18. The van der Waals surface area contributed by atoms with Crippen LogP contribution in [0.3, 0.4) is 0 Å². The highest BCUT2D eigenvalue weighted by molar-refractivity contribution is 6.21. The van der Waals surface area contributed by atoms with Gasteiger partial charge in [-0.25, -0.2) is 0 Å². The number of rotatable bonds is 1. The Hall–Kier alpha value is -0.570. The van der Waals surface area contributed by atoms with Gasteiger partial charge >= 0.3 is 0 Å². The summed E-state index contributed by atoms with van der Waals surface area (Å²) in [5.41, 5.74) is 1.19. The van der Waals surface area contributed by atoms with Crippen LogP contribution in [0.2, 0.25) is 0 Å². The third-order valence-corrected chi connectivity index (χ3v) is 3.58. The summed E-state index contributed by atoms with van der Waals surface area (Å²) in [4.78, 5) is 0. The number of halogens is 1. The smallest absolute Gasteiger partial charge is 0.0728 e. The van der Waals surface area contributed by atoms with Crippen molar-refractivity contribution >= 4 is 11.6 Å². The van der Waals surface area contributed by atoms with Crippen LogP contribution in [0, 0.1) is 0 Å². The first-order valence-corrected chi connectivity index (χ1v) is 5.71. The monoisotopic (exact) mass is 213 g/mol. The van der Waals surface area contributed by atoms with E-state index in [1.165, 1.54) is 31.4 Å². The Labute approximate surface area is 89.4 Å². The fraction of sp³-hybridized carbons (Fsp3) is 0.800. The summed E-state index contributed by atoms with van der Waals surface area (Å²) in [6.07, 6.45) is 8.00. The van der Waals surface area contributed by atoms with Gasteiger partial charge < -0.3 is 0 Å². The second-order valence-electron chi connectivity index (χ2n) is 4.04. The van der Waals surface area contributed by atoms with E-state index in [1.54, 1.807) is 0 Å². The van der Waals surface area contributed by atoms with Gasteiger partial charge in [0, 0.05) is 18.3 Å². The summed E-state index contributed by atoms with van der Waals surface area (Å²) in [5.74, 6) is 0.444. The van der Waals surface area contributed by atoms with Crippen molar-refractivity contribution in [2.75, 3.05) is 0 Å². The molecule has 0 spiro atoms. The van der Waals surface area contributed by atoms with Crippen molar-refractivity contribution in [3.05, 3.63) is 11.9 Å². The molecule has 1 aromatic rings. The molecule has 0 radical (unpaired) electrons. The molecule has 14 heavy (non-hydrogen) atoms. The van der Waals surface area contributed by atoms with E-state index in [4.69, 9.17) is 11.6 Å². The number of nitrogens with zero attached hydrogens (tertiary/aromatic N) is 3. The molecule has 0 amide bonds. The summed E-state index contributed by atoms with van der Waals surface area (Å²) in [6, 6.07) is 0. The Balaban J connectivity index is 2.19. The van der Waals surface area contributed by atoms with Crippen LogP contribution in [0.15, 0.2) is 6.20 Å². The Morgan fingerprint density at radius 3 is 2.86 bits per heavy atom. The molecule has 1 fully saturated rings. The van der Waals surface area contributed by atoms with E-state index in [9.17, 15) is 0 Å². The topological polar surface area (TPSA) is 30.7 Å². The molecule has 1 heterocycles. The van der Waals surface area contributed by atoms with Gasteiger partial charge in [0.2, 0.25) is 0 Å². The zero-order valence-corrected chi connectivity index (χ0v) is 9.24. The van der Waals surface area contributed by atoms with Gasteiger partial charge in [-0.15, -0.1) is 16.7 Å². The van der Waals surface area contributed by atoms with Crippen molar-refractivity contribution in [3.8, 4) is 0 Å². The van der Waals surface area contributed by atoms with Crippen molar-refractivity contribution in [2.45, 2.75) is 43.4 Å². The van der Waals surface area contributed by atoms with Crippen LogP contribution in [0.1, 0.15) is 43.7 Å². The lowest BCUT2D eigenvalue weighted by atomic mass is 9.96. The SMILES string of the molecule is Cn1nncc1C1CCCCCC1Cl. The number of aryl methyl sites for hydroxylation is 1. The lowest BCUT2D eigenvalue weighted by Crippen LogP contribution is -2.14. The van der Waals surface area contributed by atoms with Gasteiger partial charge in [-0.2, -0.15) is 0 Å². The molecule has 4 heteroatoms. The van der Waals surface area contributed by atoms with Crippen LogP contribution in [-0.4, -0.2) is 20.4 Å². The summed E-state index contributed by atoms with van der Waals surface area (Å²) in [5, 5.41) is 8.14. The highest BCUT2D eigenvalue weighted by Gasteiger charge is 2.25. The van der Waals surface area contributed by atoms with Gasteiger partial charge in [-0.3, -0.25) is 4.68 Å². The van der Waals surface area contributed by atoms with Crippen LogP contribution in [0.4, 0.5) is 0 Å². The van der Waals surface area contributed by atoms with Crippen LogP contribution in [0.5, 0.6) is 0 Å². The summed E-state index contributed by atoms with van der Waals surface area (Å²) in [7, 11) is 1.94. The van der Waals surface area contributed by atoms with E-state index in [2.05, 4.69) is 10.3 Å². The Morgan fingerprint density at radius 2 is 2.14 bits per heavy atom. The first-order valence-electron chi connectivity index (χ1n) is 5.27. The maximum Gasteiger partial charge on any atom is 0.0728 e. The molecule has 78 valence electrons. The maximum absolute atomic E-state index is 6.38. The summed E-state index contributed by atoms with van der Waals surface area (Å²) < 4.78 is 1.85. The van der Waals surface area contributed by atoms with E-state index in [0.29, 0.717) is 5.92 Å². The molecule has 1 aliphatic rings. The van der Waals surface area contributed by atoms with Crippen LogP contribution in [-0.2, 0) is 7.05 Å². The molecular weight excluding hydrogens is 198 g/mol. The standard InChI is InChI=1S/C10H16ClN3/c1-14-10(7-12-13-14)8-5-3-2-4-6-9(8)11/h7-9H,2-6H2,1H3. The minimum atomic E-state index is 0.259. The highest BCUT2D eigenvalue weighted by Crippen LogP contribution is 2.34. The van der Waals surface area contributed by atoms with Gasteiger partial charge in [0.1, 0.15) is 0 Å². The fourth-order valence-electron chi connectivity index (χ4n) is 2.23. The molecule has 1 saturated carbocycles. The molecule has 1 aliphatic carbocycles. The van der Waals surface area contributed by atoms with Crippen molar-refractivity contribution in [2.24, 2.45) is 7.05 Å². The molecular formula is C10H16ClN3. The van der Waals surface area contributed by atoms with E-state index in [0.717, 1.165) is 6.42 Å². The van der Waals surface area contributed by atoms with Gasteiger partial charge in [0.15, 0.2) is 0 Å². The molecule has 0 N–H and O–H groups in total. The summed E-state index contributed by atoms with van der Waals surface area (Å²) in [6.45, 7) is 0. The third kappa shape index (κ3) is 1.92. The van der Waals surface area contributed by atoms with E-state index in [1.807, 2.05) is 17.9 Å². The largest absolute Gasteiger partial charge is 0.252 e. The zero-order chi connectivity index (χ0) is 9.97. The van der Waals surface area contributed by atoms with E-state index < -0.39 is 0 Å². The molecule has 0 saturated heterocycles. The predicted molar refractivity (Wildman–Crippen MR) is 56.5 cm³/mol. The second kappa shape index (κ2) is 4.30. The van der Waals surface area contributed by atoms with Gasteiger partial charge in [-0.1, -0.05) is 24.5 Å². The van der Waals surface area contributed by atoms with Crippen molar-refractivity contribution in [1.82, 2.24) is 15.0 Å². The first-order chi connectivity index (χ1) is 6.79. The second-order valence-corrected chi connectivity index (χ2v) is 4.60. The van der Waals surface area contributed by atoms with Crippen molar-refractivity contribution in [1.29, 1.82) is 0 Å². The molecule has 3 nitrogen and oxygen atoms in total. The van der Waals surface area contributed by atoms with E-state index in [-0.39, 0.29) is 5.38 Å². The number of aromatic nitrogens is 3. The number of hydrogen-bond donors (Lipinski definition) is 0. The quantitative estimate of drug-likeness (QED) is 0.530. The van der Waals surface area contributed by atoms with Crippen LogP contribution >= 0.6 is 11.6 Å². The van der Waals surface area contributed by atoms with Crippen molar-refractivity contribution in [3.63, 3.8) is 0 Å². The molecule has 2 unspecified atom stereocenters. The third-order valence-electron chi connectivity index (χ3n) is 3.06. The Kier molecular flexibility index (Phi) is 3.06. The summed E-state index contributed by atoms with van der Waals surface area (Å²) >= 11 is 6.38. The predicted octanol–water partition coefficient (Wildman–Crippen LogP) is 2.47. The molecule has 2 rings (SSSR count). The average Bonchev–Trinajstić information content (AvgIpc) is 2.46. The highest BCUT2D eigenvalue weighted by atomic mass is 35.5. The number of hydrogen-bond acceptors (Lipinski definition) is 2. The minimum absolute atomic E-state index is 0.259. The molecule has 0 bridgehead atoms. The first kappa shape index (κ1) is 9.97. The lowest BCUT2D eigenvalue weighted by molar-refractivity contribution is 0.544. The van der Waals surface area contributed by atoms with Gasteiger partial charge in [-0.05, 0) is 12.8 Å². The average molecular weight is 214 g/mol. The zero-order valence-electron chi connectivity index (χ0n) is 8.49. The minimum Gasteiger partial charge on any atom is -0.252 e. The van der Waals surface area contributed by atoms with Gasteiger partial charge in [0.05, 0.1) is 11.9 Å². The maximum atomic E-state index is 6.38. The fourth-order valence-corrected chi connectivity index (χ4v) is 2.64. The molecule has 0 aromatic carbocycles. The molecule has 2 atom stereocenters. The van der Waals surface area contributed by atoms with Crippen molar-refractivity contribution < 1.29 is 0 Å². The van der Waals surface area contributed by atoms with Crippen LogP contribution < -0.4 is 0 Å². The number of alkyl halides is 1. The van der Waals surface area contributed by atoms with Gasteiger partial charge in [0.25, 0.3) is 0 Å². The van der Waals surface area contributed by atoms with E-state index >= 15 is 0 Å². The van der Waals surface area contributed by atoms with Crippen LogP contribution in [0.25, 0.3) is 0 Å². The Bertz CT molecular complexity index is 297. The Morgan fingerprint density at radius 1 is 1.36 bits per heavy atom. The molecule has 0 aliphatic heterocycles. The molecule has 1 aromatic heterocycles.